The van der Waals surface area contributed by atoms with Crippen LogP contribution in [0.1, 0.15) is 16.8 Å². The van der Waals surface area contributed by atoms with Gasteiger partial charge in [-0.3, -0.25) is 4.98 Å². The molecule has 1 N–H and O–H groups in total. The van der Waals surface area contributed by atoms with Gasteiger partial charge >= 0.3 is 0 Å². The van der Waals surface area contributed by atoms with Gasteiger partial charge in [-0.2, -0.15) is 0 Å². The highest BCUT2D eigenvalue weighted by atomic mass is 35.5. The lowest BCUT2D eigenvalue weighted by Gasteiger charge is -2.13. The van der Waals surface area contributed by atoms with E-state index >= 15 is 0 Å². The van der Waals surface area contributed by atoms with Gasteiger partial charge in [0.15, 0.2) is 0 Å². The van der Waals surface area contributed by atoms with Gasteiger partial charge in [-0.25, -0.2) is 0 Å². The Bertz CT molecular complexity index is 1120. The van der Waals surface area contributed by atoms with E-state index in [0.29, 0.717) is 6.61 Å². The Hall–Kier alpha value is -3.04. The molecule has 4 aromatic rings. The smallest absolute Gasteiger partial charge is 0.119 e. The Kier molecular flexibility index (Phi) is 5.18. The summed E-state index contributed by atoms with van der Waals surface area (Å²) in [5.41, 5.74) is 6.22. The molecule has 0 aliphatic rings. The number of aromatic nitrogens is 1. The van der Waals surface area contributed by atoms with Gasteiger partial charge in [0.2, 0.25) is 0 Å². The zero-order chi connectivity index (χ0) is 19.5. The van der Waals surface area contributed by atoms with Crippen LogP contribution < -0.4 is 10.1 Å². The summed E-state index contributed by atoms with van der Waals surface area (Å²) < 4.78 is 5.86. The van der Waals surface area contributed by atoms with Crippen molar-refractivity contribution in [2.45, 2.75) is 20.5 Å². The average Bonchev–Trinajstić information content (AvgIpc) is 2.69. The van der Waals surface area contributed by atoms with Gasteiger partial charge in [-0.15, -0.1) is 0 Å². The minimum Gasteiger partial charge on any atom is -0.489 e. The number of hydrogen-bond acceptors (Lipinski definition) is 3. The molecule has 0 spiro atoms. The molecular formula is C24H21ClN2O. The number of fused-ring (bicyclic) bond motifs is 1. The van der Waals surface area contributed by atoms with Crippen molar-refractivity contribution in [3.8, 4) is 5.75 Å². The van der Waals surface area contributed by atoms with E-state index in [9.17, 15) is 0 Å². The van der Waals surface area contributed by atoms with Crippen LogP contribution in [0.15, 0.2) is 72.8 Å². The fourth-order valence-corrected chi connectivity index (χ4v) is 3.38. The molecule has 0 aliphatic carbocycles. The van der Waals surface area contributed by atoms with Gasteiger partial charge in [0.25, 0.3) is 0 Å². The maximum atomic E-state index is 6.18. The van der Waals surface area contributed by atoms with E-state index in [0.717, 1.165) is 44.3 Å². The number of para-hydroxylation sites is 1. The van der Waals surface area contributed by atoms with Crippen LogP contribution in [0, 0.1) is 13.8 Å². The largest absolute Gasteiger partial charge is 0.489 e. The van der Waals surface area contributed by atoms with E-state index in [-0.39, 0.29) is 0 Å². The molecular weight excluding hydrogens is 368 g/mol. The van der Waals surface area contributed by atoms with Crippen molar-refractivity contribution in [3.05, 3.63) is 94.6 Å². The second kappa shape index (κ2) is 7.91. The molecule has 4 rings (SSSR count). The number of rotatable bonds is 5. The fourth-order valence-electron chi connectivity index (χ4n) is 3.19. The van der Waals surface area contributed by atoms with Gasteiger partial charge in [0.05, 0.1) is 5.52 Å². The summed E-state index contributed by atoms with van der Waals surface area (Å²) in [4.78, 5) is 4.68. The summed E-state index contributed by atoms with van der Waals surface area (Å²) in [5, 5.41) is 5.34. The maximum Gasteiger partial charge on any atom is 0.119 e. The average molecular weight is 389 g/mol. The van der Waals surface area contributed by atoms with Crippen molar-refractivity contribution >= 4 is 33.9 Å². The molecule has 0 bridgehead atoms. The van der Waals surface area contributed by atoms with Crippen molar-refractivity contribution in [2.75, 3.05) is 5.32 Å². The molecule has 140 valence electrons. The first kappa shape index (κ1) is 18.3. The SMILES string of the molecule is Cc1cc(Nc2ccc(OCc3ccccc3Cl)cc2)c2cccc(C)c2n1. The number of aryl methyl sites for hydroxylation is 2. The second-order valence-corrected chi connectivity index (χ2v) is 7.22. The first-order chi connectivity index (χ1) is 13.6. The van der Waals surface area contributed by atoms with Crippen LogP contribution in [0.4, 0.5) is 11.4 Å². The normalized spacial score (nSPS) is 10.8. The third kappa shape index (κ3) is 3.95. The monoisotopic (exact) mass is 388 g/mol. The number of pyridine rings is 1. The summed E-state index contributed by atoms with van der Waals surface area (Å²) in [7, 11) is 0. The third-order valence-corrected chi connectivity index (χ3v) is 5.02. The molecule has 1 aromatic heterocycles. The summed E-state index contributed by atoms with van der Waals surface area (Å²) in [5.74, 6) is 0.803. The Labute approximate surface area is 170 Å². The summed E-state index contributed by atoms with van der Waals surface area (Å²) in [6.45, 7) is 4.55. The number of benzene rings is 3. The Balaban J connectivity index is 1.52. The maximum absolute atomic E-state index is 6.18. The van der Waals surface area contributed by atoms with Crippen LogP contribution in [-0.4, -0.2) is 4.98 Å². The number of ether oxygens (including phenoxy) is 1. The molecule has 0 amide bonds. The van der Waals surface area contributed by atoms with Gasteiger partial charge in [-0.1, -0.05) is 48.0 Å². The van der Waals surface area contributed by atoms with Gasteiger partial charge in [-0.05, 0) is 55.8 Å². The van der Waals surface area contributed by atoms with Crippen LogP contribution >= 0.6 is 11.6 Å². The van der Waals surface area contributed by atoms with E-state index in [2.05, 4.69) is 41.5 Å². The molecule has 0 fully saturated rings. The summed E-state index contributed by atoms with van der Waals surface area (Å²) >= 11 is 6.18. The lowest BCUT2D eigenvalue weighted by atomic mass is 10.1. The minimum absolute atomic E-state index is 0.444. The highest BCUT2D eigenvalue weighted by molar-refractivity contribution is 6.31. The summed E-state index contributed by atoms with van der Waals surface area (Å²) in [6.07, 6.45) is 0. The predicted octanol–water partition coefficient (Wildman–Crippen LogP) is 6.83. The van der Waals surface area contributed by atoms with E-state index < -0.39 is 0 Å². The number of anilines is 2. The molecule has 0 atom stereocenters. The molecule has 0 unspecified atom stereocenters. The van der Waals surface area contributed by atoms with E-state index in [1.54, 1.807) is 0 Å². The van der Waals surface area contributed by atoms with Gasteiger partial charge in [0.1, 0.15) is 12.4 Å². The van der Waals surface area contributed by atoms with Crippen molar-refractivity contribution in [1.29, 1.82) is 0 Å². The van der Waals surface area contributed by atoms with E-state index in [4.69, 9.17) is 16.3 Å². The van der Waals surface area contributed by atoms with E-state index in [1.807, 2.05) is 55.5 Å². The topological polar surface area (TPSA) is 34.1 Å². The molecule has 3 nitrogen and oxygen atoms in total. The molecule has 1 heterocycles. The molecule has 28 heavy (non-hydrogen) atoms. The highest BCUT2D eigenvalue weighted by Crippen LogP contribution is 2.29. The van der Waals surface area contributed by atoms with Crippen LogP contribution in [0.3, 0.4) is 0 Å². The predicted molar refractivity (Wildman–Crippen MR) is 117 cm³/mol. The number of hydrogen-bond donors (Lipinski definition) is 1. The third-order valence-electron chi connectivity index (χ3n) is 4.65. The fraction of sp³-hybridized carbons (Fsp3) is 0.125. The molecule has 0 saturated heterocycles. The minimum atomic E-state index is 0.444. The second-order valence-electron chi connectivity index (χ2n) is 6.81. The molecule has 4 heteroatoms. The lowest BCUT2D eigenvalue weighted by Crippen LogP contribution is -1.97. The van der Waals surface area contributed by atoms with Crippen molar-refractivity contribution in [2.24, 2.45) is 0 Å². The molecule has 0 aliphatic heterocycles. The van der Waals surface area contributed by atoms with Crippen LogP contribution in [0.2, 0.25) is 5.02 Å². The highest BCUT2D eigenvalue weighted by Gasteiger charge is 2.07. The van der Waals surface area contributed by atoms with Gasteiger partial charge in [0, 0.05) is 33.0 Å². The number of halogens is 1. The van der Waals surface area contributed by atoms with E-state index in [1.165, 1.54) is 5.56 Å². The molecule has 0 radical (unpaired) electrons. The van der Waals surface area contributed by atoms with Crippen LogP contribution in [0.25, 0.3) is 10.9 Å². The molecule has 0 saturated carbocycles. The summed E-state index contributed by atoms with van der Waals surface area (Å²) in [6, 6.07) is 24.0. The number of nitrogens with zero attached hydrogens (tertiary/aromatic N) is 1. The first-order valence-electron chi connectivity index (χ1n) is 9.20. The van der Waals surface area contributed by atoms with Crippen molar-refractivity contribution < 1.29 is 4.74 Å². The number of nitrogens with one attached hydrogen (secondary N) is 1. The van der Waals surface area contributed by atoms with Crippen LogP contribution in [0.5, 0.6) is 5.75 Å². The van der Waals surface area contributed by atoms with Crippen molar-refractivity contribution in [1.82, 2.24) is 4.98 Å². The zero-order valence-electron chi connectivity index (χ0n) is 15.9. The quantitative estimate of drug-likeness (QED) is 0.407. The lowest BCUT2D eigenvalue weighted by molar-refractivity contribution is 0.306. The van der Waals surface area contributed by atoms with Crippen molar-refractivity contribution in [3.63, 3.8) is 0 Å². The Morgan fingerprint density at radius 2 is 1.71 bits per heavy atom. The van der Waals surface area contributed by atoms with Gasteiger partial charge < -0.3 is 10.1 Å². The first-order valence-corrected chi connectivity index (χ1v) is 9.58. The Morgan fingerprint density at radius 1 is 0.929 bits per heavy atom. The standard InChI is InChI=1S/C24H21ClN2O/c1-16-6-5-8-21-23(14-17(2)26-24(16)21)27-19-10-12-20(13-11-19)28-15-18-7-3-4-9-22(18)25/h3-14H,15H2,1-2H3,(H,26,27). The van der Waals surface area contributed by atoms with Crippen LogP contribution in [-0.2, 0) is 6.61 Å². The Morgan fingerprint density at radius 3 is 2.50 bits per heavy atom. The zero-order valence-corrected chi connectivity index (χ0v) is 16.6. The molecule has 3 aromatic carbocycles.